The normalized spacial score (nSPS) is 10.3. The number of urea groups is 1. The summed E-state index contributed by atoms with van der Waals surface area (Å²) in [5, 5.41) is 19.0. The van der Waals surface area contributed by atoms with Gasteiger partial charge in [0, 0.05) is 16.1 Å². The van der Waals surface area contributed by atoms with E-state index in [4.69, 9.17) is 11.6 Å². The molecule has 3 amide bonds. The maximum Gasteiger partial charge on any atom is 0.325 e. The SMILES string of the molecule is Cc1nnc(NC(=O)c2csc(NC(=O)Nc3ccc(Cl)cc3)n2)s1. The summed E-state index contributed by atoms with van der Waals surface area (Å²) >= 11 is 8.19. The van der Waals surface area contributed by atoms with Gasteiger partial charge >= 0.3 is 6.03 Å². The fourth-order valence-electron chi connectivity index (χ4n) is 1.74. The summed E-state index contributed by atoms with van der Waals surface area (Å²) < 4.78 is 0. The molecule has 3 rings (SSSR count). The van der Waals surface area contributed by atoms with Crippen molar-refractivity contribution in [3.8, 4) is 0 Å². The molecule has 0 aliphatic heterocycles. The molecule has 2 heterocycles. The zero-order chi connectivity index (χ0) is 17.8. The zero-order valence-corrected chi connectivity index (χ0v) is 15.1. The molecule has 0 aliphatic carbocycles. The van der Waals surface area contributed by atoms with Crippen molar-refractivity contribution in [1.29, 1.82) is 0 Å². The molecule has 0 unspecified atom stereocenters. The van der Waals surface area contributed by atoms with Crippen LogP contribution < -0.4 is 16.0 Å². The van der Waals surface area contributed by atoms with Gasteiger partial charge in [0.1, 0.15) is 10.7 Å². The summed E-state index contributed by atoms with van der Waals surface area (Å²) in [6, 6.07) is 6.21. The Morgan fingerprint density at radius 1 is 1.04 bits per heavy atom. The van der Waals surface area contributed by atoms with Gasteiger partial charge < -0.3 is 5.32 Å². The van der Waals surface area contributed by atoms with Crippen LogP contribution in [0.3, 0.4) is 0 Å². The molecule has 0 radical (unpaired) electrons. The van der Waals surface area contributed by atoms with Crippen molar-refractivity contribution in [2.24, 2.45) is 0 Å². The number of hydrogen-bond donors (Lipinski definition) is 3. The molecular weight excluding hydrogens is 384 g/mol. The second-order valence-electron chi connectivity index (χ2n) is 4.70. The van der Waals surface area contributed by atoms with Gasteiger partial charge in [-0.15, -0.1) is 21.5 Å². The molecule has 0 saturated carbocycles. The lowest BCUT2D eigenvalue weighted by molar-refractivity contribution is 0.102. The topological polar surface area (TPSA) is 109 Å². The third kappa shape index (κ3) is 4.72. The van der Waals surface area contributed by atoms with E-state index < -0.39 is 11.9 Å². The first-order chi connectivity index (χ1) is 12.0. The lowest BCUT2D eigenvalue weighted by atomic mass is 10.3. The van der Waals surface area contributed by atoms with Crippen LogP contribution in [-0.4, -0.2) is 27.1 Å². The Morgan fingerprint density at radius 3 is 2.48 bits per heavy atom. The molecule has 3 N–H and O–H groups in total. The number of aryl methyl sites for hydroxylation is 1. The molecule has 0 bridgehead atoms. The minimum absolute atomic E-state index is 0.180. The van der Waals surface area contributed by atoms with Crippen molar-refractivity contribution >= 4 is 62.2 Å². The largest absolute Gasteiger partial charge is 0.325 e. The van der Waals surface area contributed by atoms with Crippen molar-refractivity contribution < 1.29 is 9.59 Å². The maximum atomic E-state index is 12.1. The zero-order valence-electron chi connectivity index (χ0n) is 12.7. The standard InChI is InChI=1S/C14H11ClN6O2S2/c1-7-20-21-14(25-7)18-11(22)10-6-24-13(17-10)19-12(23)16-9-4-2-8(15)3-5-9/h2-6H,1H3,(H,18,21,22)(H2,16,17,19,23). The second-order valence-corrected chi connectivity index (χ2v) is 7.18. The average molecular weight is 395 g/mol. The van der Waals surface area contributed by atoms with Crippen LogP contribution >= 0.6 is 34.3 Å². The lowest BCUT2D eigenvalue weighted by Gasteiger charge is -2.05. The number of anilines is 3. The molecule has 0 saturated heterocycles. The molecule has 0 spiro atoms. The van der Waals surface area contributed by atoms with Crippen LogP contribution in [0.4, 0.5) is 20.7 Å². The Labute approximate surface area is 155 Å². The van der Waals surface area contributed by atoms with E-state index in [1.165, 1.54) is 11.3 Å². The number of carbonyl (C=O) groups excluding carboxylic acids is 2. The number of thiazole rings is 1. The van der Waals surface area contributed by atoms with Gasteiger partial charge in [-0.25, -0.2) is 9.78 Å². The molecule has 1 aromatic carbocycles. The van der Waals surface area contributed by atoms with Gasteiger partial charge in [-0.05, 0) is 31.2 Å². The van der Waals surface area contributed by atoms with Crippen molar-refractivity contribution in [1.82, 2.24) is 15.2 Å². The molecule has 3 aromatic rings. The van der Waals surface area contributed by atoms with Crippen LogP contribution in [0, 0.1) is 6.92 Å². The van der Waals surface area contributed by atoms with E-state index in [9.17, 15) is 9.59 Å². The maximum absolute atomic E-state index is 12.1. The van der Waals surface area contributed by atoms with Gasteiger partial charge in [-0.3, -0.25) is 15.4 Å². The molecule has 0 aliphatic rings. The minimum Gasteiger partial charge on any atom is -0.308 e. The summed E-state index contributed by atoms with van der Waals surface area (Å²) in [4.78, 5) is 28.1. The predicted molar refractivity (Wildman–Crippen MR) is 98.8 cm³/mol. The number of carbonyl (C=O) groups is 2. The molecule has 25 heavy (non-hydrogen) atoms. The number of nitrogens with zero attached hydrogens (tertiary/aromatic N) is 3. The van der Waals surface area contributed by atoms with Crippen LogP contribution in [0.5, 0.6) is 0 Å². The number of amides is 3. The first-order valence-corrected chi connectivity index (χ1v) is 8.97. The van der Waals surface area contributed by atoms with E-state index >= 15 is 0 Å². The Hall–Kier alpha value is -2.56. The number of benzene rings is 1. The Morgan fingerprint density at radius 2 is 1.80 bits per heavy atom. The lowest BCUT2D eigenvalue weighted by Crippen LogP contribution is -2.19. The molecule has 0 fully saturated rings. The van der Waals surface area contributed by atoms with Gasteiger partial charge in [0.2, 0.25) is 5.13 Å². The highest BCUT2D eigenvalue weighted by molar-refractivity contribution is 7.15. The first-order valence-electron chi connectivity index (χ1n) is 6.90. The van der Waals surface area contributed by atoms with E-state index in [-0.39, 0.29) is 5.69 Å². The summed E-state index contributed by atoms with van der Waals surface area (Å²) in [5.41, 5.74) is 0.766. The van der Waals surface area contributed by atoms with Crippen LogP contribution in [0.15, 0.2) is 29.6 Å². The van der Waals surface area contributed by atoms with Crippen LogP contribution in [0.25, 0.3) is 0 Å². The molecule has 128 valence electrons. The van der Waals surface area contributed by atoms with Crippen LogP contribution in [0.1, 0.15) is 15.5 Å². The summed E-state index contributed by atoms with van der Waals surface area (Å²) in [7, 11) is 0. The molecular formula is C14H11ClN6O2S2. The fourth-order valence-corrected chi connectivity index (χ4v) is 3.13. The quantitative estimate of drug-likeness (QED) is 0.622. The molecule has 0 atom stereocenters. The Kier molecular flexibility index (Phi) is 5.22. The third-order valence-corrected chi connectivity index (χ3v) is 4.57. The minimum atomic E-state index is -0.469. The summed E-state index contributed by atoms with van der Waals surface area (Å²) in [5.74, 6) is -0.418. The van der Waals surface area contributed by atoms with Crippen molar-refractivity contribution in [2.75, 3.05) is 16.0 Å². The highest BCUT2D eigenvalue weighted by atomic mass is 35.5. The fraction of sp³-hybridized carbons (Fsp3) is 0.0714. The van der Waals surface area contributed by atoms with E-state index in [0.717, 1.165) is 16.3 Å². The van der Waals surface area contributed by atoms with Gasteiger partial charge in [0.25, 0.3) is 5.91 Å². The number of aromatic nitrogens is 3. The monoisotopic (exact) mass is 394 g/mol. The summed E-state index contributed by atoms with van der Waals surface area (Å²) in [6.07, 6.45) is 0. The van der Waals surface area contributed by atoms with Gasteiger partial charge in [0.15, 0.2) is 5.13 Å². The van der Waals surface area contributed by atoms with Crippen LogP contribution in [-0.2, 0) is 0 Å². The average Bonchev–Trinajstić information content (AvgIpc) is 3.19. The Balaban J connectivity index is 1.58. The Bertz CT molecular complexity index is 908. The predicted octanol–water partition coefficient (Wildman–Crippen LogP) is 3.85. The van der Waals surface area contributed by atoms with Gasteiger partial charge in [-0.1, -0.05) is 22.9 Å². The third-order valence-electron chi connectivity index (χ3n) is 2.81. The molecule has 8 nitrogen and oxygen atoms in total. The number of hydrogen-bond acceptors (Lipinski definition) is 7. The summed E-state index contributed by atoms with van der Waals surface area (Å²) in [6.45, 7) is 1.79. The second kappa shape index (κ2) is 7.55. The highest BCUT2D eigenvalue weighted by Gasteiger charge is 2.14. The van der Waals surface area contributed by atoms with E-state index in [1.54, 1.807) is 36.6 Å². The van der Waals surface area contributed by atoms with Crippen molar-refractivity contribution in [2.45, 2.75) is 6.92 Å². The van der Waals surface area contributed by atoms with E-state index in [0.29, 0.717) is 21.0 Å². The number of halogens is 1. The molecule has 2 aromatic heterocycles. The molecule has 11 heteroatoms. The van der Waals surface area contributed by atoms with E-state index in [2.05, 4.69) is 31.1 Å². The number of rotatable bonds is 4. The van der Waals surface area contributed by atoms with Crippen LogP contribution in [0.2, 0.25) is 5.02 Å². The van der Waals surface area contributed by atoms with Gasteiger partial charge in [0.05, 0.1) is 0 Å². The highest BCUT2D eigenvalue weighted by Crippen LogP contribution is 2.19. The smallest absolute Gasteiger partial charge is 0.308 e. The van der Waals surface area contributed by atoms with Crippen molar-refractivity contribution in [3.63, 3.8) is 0 Å². The number of nitrogens with one attached hydrogen (secondary N) is 3. The van der Waals surface area contributed by atoms with E-state index in [1.807, 2.05) is 0 Å². The first kappa shape index (κ1) is 17.3. The van der Waals surface area contributed by atoms with Crippen molar-refractivity contribution in [3.05, 3.63) is 45.4 Å². The van der Waals surface area contributed by atoms with Gasteiger partial charge in [-0.2, -0.15) is 0 Å².